The van der Waals surface area contributed by atoms with Gasteiger partial charge in [0.05, 0.1) is 24.8 Å². The van der Waals surface area contributed by atoms with Crippen molar-refractivity contribution >= 4 is 29.6 Å². The fourth-order valence-corrected chi connectivity index (χ4v) is 4.04. The van der Waals surface area contributed by atoms with Crippen LogP contribution in [-0.2, 0) is 32.1 Å². The Morgan fingerprint density at radius 1 is 1.05 bits per heavy atom. The number of aliphatic hydroxyl groups is 1. The molecule has 0 spiro atoms. The highest BCUT2D eigenvalue weighted by molar-refractivity contribution is 6.07. The highest BCUT2D eigenvalue weighted by Crippen LogP contribution is 2.36. The lowest BCUT2D eigenvalue weighted by atomic mass is 10.1. The van der Waals surface area contributed by atoms with Crippen molar-refractivity contribution in [2.75, 3.05) is 11.5 Å². The average molecular weight is 514 g/mol. The summed E-state index contributed by atoms with van der Waals surface area (Å²) in [5, 5.41) is 23.5. The molecule has 1 aliphatic rings. The number of ether oxygens (including phenoxy) is 1. The first-order valence-corrected chi connectivity index (χ1v) is 12.2. The Morgan fingerprint density at radius 3 is 2.35 bits per heavy atom. The van der Waals surface area contributed by atoms with Gasteiger partial charge in [0.15, 0.2) is 0 Å². The molecule has 3 amide bonds. The van der Waals surface area contributed by atoms with Gasteiger partial charge >= 0.3 is 12.1 Å². The standard InChI is InChI=1S/C25H29N3O7.C2H6/c1-15-7-6-10-18-11-20(23(32)27-19(13-29)12-21(30)31)28(22(15)18)24(33)16(2)26-25(34)35-14-17-8-4-3-5-9-17;1-2/h3-10,16,19-20,29H,11-14H2,1-2H3,(H,26,34)(H,27,32)(H,30,31);1-2H3. The number of benzene rings is 2. The maximum Gasteiger partial charge on any atom is 0.408 e. The largest absolute Gasteiger partial charge is 0.481 e. The Balaban J connectivity index is 0.00000235. The summed E-state index contributed by atoms with van der Waals surface area (Å²) in [5.74, 6) is -2.28. The lowest BCUT2D eigenvalue weighted by Crippen LogP contribution is -2.56. The van der Waals surface area contributed by atoms with Gasteiger partial charge in [-0.1, -0.05) is 62.4 Å². The molecule has 3 unspecified atom stereocenters. The van der Waals surface area contributed by atoms with Crippen LogP contribution in [-0.4, -0.2) is 58.8 Å². The van der Waals surface area contributed by atoms with Crippen molar-refractivity contribution in [2.24, 2.45) is 0 Å². The molecule has 1 heterocycles. The van der Waals surface area contributed by atoms with E-state index in [4.69, 9.17) is 9.84 Å². The summed E-state index contributed by atoms with van der Waals surface area (Å²) in [4.78, 5) is 51.2. The van der Waals surface area contributed by atoms with E-state index in [-0.39, 0.29) is 13.0 Å². The number of alkyl carbamates (subject to hydrolysis) is 1. The number of nitrogens with one attached hydrogen (secondary N) is 2. The number of carboxylic acids is 1. The predicted octanol–water partition coefficient (Wildman–Crippen LogP) is 2.55. The maximum atomic E-state index is 13.5. The lowest BCUT2D eigenvalue weighted by Gasteiger charge is -2.29. The van der Waals surface area contributed by atoms with Crippen molar-refractivity contribution in [1.82, 2.24) is 10.6 Å². The van der Waals surface area contributed by atoms with Crippen LogP contribution < -0.4 is 15.5 Å². The van der Waals surface area contributed by atoms with E-state index >= 15 is 0 Å². The number of aliphatic carboxylic acids is 1. The van der Waals surface area contributed by atoms with E-state index in [9.17, 15) is 24.3 Å². The fraction of sp³-hybridized carbons (Fsp3) is 0.407. The Hall–Kier alpha value is -3.92. The van der Waals surface area contributed by atoms with E-state index in [1.165, 1.54) is 11.8 Å². The molecular formula is C27H35N3O7. The molecule has 0 aromatic heterocycles. The Morgan fingerprint density at radius 2 is 1.73 bits per heavy atom. The highest BCUT2D eigenvalue weighted by atomic mass is 16.5. The number of nitrogens with zero attached hydrogens (tertiary/aromatic N) is 1. The SMILES string of the molecule is CC.Cc1cccc2c1N(C(=O)C(C)NC(=O)OCc1ccccc1)C(C(=O)NC(CO)CC(=O)O)C2. The molecule has 4 N–H and O–H groups in total. The number of carbonyl (C=O) groups excluding carboxylic acids is 3. The molecule has 0 saturated carbocycles. The summed E-state index contributed by atoms with van der Waals surface area (Å²) >= 11 is 0. The zero-order valence-corrected chi connectivity index (χ0v) is 21.6. The lowest BCUT2D eigenvalue weighted by molar-refractivity contribution is -0.138. The molecule has 3 atom stereocenters. The van der Waals surface area contributed by atoms with Gasteiger partial charge in [0.2, 0.25) is 11.8 Å². The molecule has 0 fully saturated rings. The molecule has 37 heavy (non-hydrogen) atoms. The topological polar surface area (TPSA) is 145 Å². The number of fused-ring (bicyclic) bond motifs is 1. The first-order valence-electron chi connectivity index (χ1n) is 12.2. The number of carbonyl (C=O) groups is 4. The van der Waals surface area contributed by atoms with E-state index in [0.29, 0.717) is 5.69 Å². The third kappa shape index (κ3) is 7.78. The summed E-state index contributed by atoms with van der Waals surface area (Å²) in [6.07, 6.45) is -1.02. The predicted molar refractivity (Wildman–Crippen MR) is 138 cm³/mol. The molecule has 0 bridgehead atoms. The van der Waals surface area contributed by atoms with Gasteiger partial charge in [0.25, 0.3) is 0 Å². The second-order valence-corrected chi connectivity index (χ2v) is 8.42. The highest BCUT2D eigenvalue weighted by Gasteiger charge is 2.41. The molecule has 2 aromatic carbocycles. The monoisotopic (exact) mass is 513 g/mol. The minimum Gasteiger partial charge on any atom is -0.481 e. The average Bonchev–Trinajstić information content (AvgIpc) is 3.29. The number of amides is 3. The Kier molecular flexibility index (Phi) is 11.1. The van der Waals surface area contributed by atoms with E-state index in [2.05, 4.69) is 10.6 Å². The number of para-hydroxylation sites is 1. The number of aryl methyl sites for hydroxylation is 1. The van der Waals surface area contributed by atoms with Gasteiger partial charge in [0.1, 0.15) is 18.7 Å². The number of carboxylic acid groups (broad SMARTS) is 1. The van der Waals surface area contributed by atoms with E-state index < -0.39 is 55.0 Å². The minimum absolute atomic E-state index is 0.0381. The molecule has 3 rings (SSSR count). The van der Waals surface area contributed by atoms with Crippen molar-refractivity contribution in [3.8, 4) is 0 Å². The molecule has 1 aliphatic heterocycles. The van der Waals surface area contributed by atoms with Crippen LogP contribution in [0.25, 0.3) is 0 Å². The molecule has 200 valence electrons. The van der Waals surface area contributed by atoms with Crippen LogP contribution in [0.2, 0.25) is 0 Å². The molecule has 0 saturated heterocycles. The van der Waals surface area contributed by atoms with E-state index in [1.54, 1.807) is 12.1 Å². The summed E-state index contributed by atoms with van der Waals surface area (Å²) in [5.41, 5.74) is 2.91. The van der Waals surface area contributed by atoms with Gasteiger partial charge in [-0.3, -0.25) is 19.3 Å². The van der Waals surface area contributed by atoms with Gasteiger partial charge in [0, 0.05) is 6.42 Å². The molecule has 10 heteroatoms. The fourth-order valence-electron chi connectivity index (χ4n) is 4.04. The van der Waals surface area contributed by atoms with Crippen LogP contribution in [0.4, 0.5) is 10.5 Å². The Labute approximate surface area is 216 Å². The van der Waals surface area contributed by atoms with Crippen molar-refractivity contribution in [1.29, 1.82) is 0 Å². The van der Waals surface area contributed by atoms with Crippen LogP contribution in [0.1, 0.15) is 43.9 Å². The first-order chi connectivity index (χ1) is 17.7. The van der Waals surface area contributed by atoms with Crippen LogP contribution in [0.5, 0.6) is 0 Å². The van der Waals surface area contributed by atoms with Crippen LogP contribution in [0, 0.1) is 6.92 Å². The summed E-state index contributed by atoms with van der Waals surface area (Å²) in [6, 6.07) is 11.6. The molecule has 2 aromatic rings. The summed E-state index contributed by atoms with van der Waals surface area (Å²) in [7, 11) is 0. The first kappa shape index (κ1) is 29.3. The number of aliphatic hydroxyl groups excluding tert-OH is 1. The number of hydrogen-bond donors (Lipinski definition) is 4. The second-order valence-electron chi connectivity index (χ2n) is 8.42. The third-order valence-electron chi connectivity index (χ3n) is 5.73. The quantitative estimate of drug-likeness (QED) is 0.403. The second kappa shape index (κ2) is 14.0. The van der Waals surface area contributed by atoms with E-state index in [0.717, 1.165) is 16.7 Å². The van der Waals surface area contributed by atoms with Crippen molar-refractivity contribution in [3.63, 3.8) is 0 Å². The summed E-state index contributed by atoms with van der Waals surface area (Å²) < 4.78 is 5.20. The molecule has 0 aliphatic carbocycles. The van der Waals surface area contributed by atoms with Gasteiger partial charge in [-0.2, -0.15) is 0 Å². The molecule has 0 radical (unpaired) electrons. The van der Waals surface area contributed by atoms with E-state index in [1.807, 2.05) is 57.2 Å². The van der Waals surface area contributed by atoms with Gasteiger partial charge in [-0.05, 0) is 30.5 Å². The molecule has 10 nitrogen and oxygen atoms in total. The van der Waals surface area contributed by atoms with Crippen LogP contribution in [0.3, 0.4) is 0 Å². The summed E-state index contributed by atoms with van der Waals surface area (Å²) in [6.45, 7) is 6.79. The zero-order chi connectivity index (χ0) is 27.5. The maximum absolute atomic E-state index is 13.5. The zero-order valence-electron chi connectivity index (χ0n) is 21.6. The van der Waals surface area contributed by atoms with Crippen molar-refractivity contribution in [2.45, 2.75) is 65.3 Å². The van der Waals surface area contributed by atoms with Gasteiger partial charge < -0.3 is 25.6 Å². The van der Waals surface area contributed by atoms with Gasteiger partial charge in [-0.25, -0.2) is 4.79 Å². The van der Waals surface area contributed by atoms with Crippen LogP contribution in [0.15, 0.2) is 48.5 Å². The minimum atomic E-state index is -1.17. The smallest absolute Gasteiger partial charge is 0.408 e. The third-order valence-corrected chi connectivity index (χ3v) is 5.73. The molecular weight excluding hydrogens is 478 g/mol. The normalized spacial score (nSPS) is 15.4. The number of anilines is 1. The van der Waals surface area contributed by atoms with Crippen molar-refractivity contribution < 1.29 is 34.1 Å². The number of rotatable bonds is 9. The van der Waals surface area contributed by atoms with Crippen LogP contribution >= 0.6 is 0 Å². The number of hydrogen-bond acceptors (Lipinski definition) is 6. The van der Waals surface area contributed by atoms with Gasteiger partial charge in [-0.15, -0.1) is 0 Å². The van der Waals surface area contributed by atoms with Crippen molar-refractivity contribution in [3.05, 3.63) is 65.2 Å². The Bertz CT molecular complexity index is 1090.